The molecule has 114 valence electrons. The van der Waals surface area contributed by atoms with Gasteiger partial charge in [-0.25, -0.2) is 14.2 Å². The number of aromatic nitrogens is 1. The lowest BCUT2D eigenvalue weighted by molar-refractivity contribution is 0.0691. The molecule has 2 saturated heterocycles. The molecule has 0 spiro atoms. The maximum atomic E-state index is 14.4. The van der Waals surface area contributed by atoms with Crippen molar-refractivity contribution in [2.24, 2.45) is 0 Å². The smallest absolute Gasteiger partial charge is 0.338 e. The van der Waals surface area contributed by atoms with Gasteiger partial charge in [0, 0.05) is 31.4 Å². The highest BCUT2D eigenvalue weighted by molar-refractivity contribution is 5.88. The number of fused-ring (bicyclic) bond motifs is 1. The molecule has 21 heavy (non-hydrogen) atoms. The van der Waals surface area contributed by atoms with Gasteiger partial charge in [0.15, 0.2) is 11.6 Å². The molecule has 2 aliphatic heterocycles. The number of piperazine rings is 1. The van der Waals surface area contributed by atoms with Crippen molar-refractivity contribution < 1.29 is 14.3 Å². The van der Waals surface area contributed by atoms with Crippen LogP contribution >= 0.6 is 0 Å². The van der Waals surface area contributed by atoms with E-state index < -0.39 is 11.8 Å². The molecule has 2 atom stereocenters. The van der Waals surface area contributed by atoms with E-state index in [9.17, 15) is 9.18 Å². The van der Waals surface area contributed by atoms with Gasteiger partial charge in [0.2, 0.25) is 0 Å². The molecule has 1 N–H and O–H groups in total. The minimum absolute atomic E-state index is 0.130. The number of piperidine rings is 1. The Labute approximate surface area is 123 Å². The summed E-state index contributed by atoms with van der Waals surface area (Å²) in [7, 11) is 0. The lowest BCUT2D eigenvalue weighted by atomic mass is 9.97. The summed E-state index contributed by atoms with van der Waals surface area (Å²) in [5.74, 6) is -1.80. The lowest BCUT2D eigenvalue weighted by Gasteiger charge is -2.48. The van der Waals surface area contributed by atoms with Crippen LogP contribution in [0.5, 0.6) is 0 Å². The Morgan fingerprint density at radius 2 is 2.24 bits per heavy atom. The first kappa shape index (κ1) is 14.3. The Morgan fingerprint density at radius 1 is 1.43 bits per heavy atom. The number of anilines is 1. The predicted octanol–water partition coefficient (Wildman–Crippen LogP) is 1.98. The Hall–Kier alpha value is -1.69. The molecular weight excluding hydrogens is 273 g/mol. The Balaban J connectivity index is 1.89. The predicted molar refractivity (Wildman–Crippen MR) is 77.2 cm³/mol. The fraction of sp³-hybridized carbons (Fsp3) is 0.600. The van der Waals surface area contributed by atoms with Crippen LogP contribution in [0.4, 0.5) is 10.2 Å². The lowest BCUT2D eigenvalue weighted by Crippen LogP contribution is -2.59. The van der Waals surface area contributed by atoms with Crippen LogP contribution in [-0.4, -0.2) is 52.7 Å². The summed E-state index contributed by atoms with van der Waals surface area (Å²) in [6, 6.07) is 1.76. The van der Waals surface area contributed by atoms with Gasteiger partial charge in [0.1, 0.15) is 5.56 Å². The summed E-state index contributed by atoms with van der Waals surface area (Å²) in [6.45, 7) is 4.74. The van der Waals surface area contributed by atoms with Crippen molar-refractivity contribution in [3.63, 3.8) is 0 Å². The molecule has 0 amide bonds. The van der Waals surface area contributed by atoms with Crippen molar-refractivity contribution in [3.8, 4) is 0 Å². The van der Waals surface area contributed by atoms with Crippen molar-refractivity contribution in [3.05, 3.63) is 23.6 Å². The summed E-state index contributed by atoms with van der Waals surface area (Å²) < 4.78 is 14.4. The first-order valence-corrected chi connectivity index (χ1v) is 7.46. The fourth-order valence-corrected chi connectivity index (χ4v) is 3.45. The number of carboxylic acid groups (broad SMARTS) is 1. The van der Waals surface area contributed by atoms with Crippen molar-refractivity contribution >= 4 is 11.8 Å². The zero-order valence-corrected chi connectivity index (χ0v) is 12.1. The van der Waals surface area contributed by atoms with Crippen LogP contribution in [0, 0.1) is 5.82 Å². The summed E-state index contributed by atoms with van der Waals surface area (Å²) >= 11 is 0. The maximum absolute atomic E-state index is 14.4. The molecule has 2 fully saturated rings. The minimum Gasteiger partial charge on any atom is -0.478 e. The van der Waals surface area contributed by atoms with Crippen LogP contribution in [0.1, 0.15) is 36.5 Å². The number of nitrogens with zero attached hydrogens (tertiary/aromatic N) is 3. The van der Waals surface area contributed by atoms with Gasteiger partial charge in [0.05, 0.1) is 0 Å². The third kappa shape index (κ3) is 2.60. The molecule has 0 aromatic carbocycles. The van der Waals surface area contributed by atoms with Gasteiger partial charge >= 0.3 is 5.97 Å². The van der Waals surface area contributed by atoms with Gasteiger partial charge in [-0.15, -0.1) is 0 Å². The molecule has 3 heterocycles. The van der Waals surface area contributed by atoms with E-state index in [2.05, 4.69) is 9.88 Å². The topological polar surface area (TPSA) is 56.7 Å². The molecule has 2 unspecified atom stereocenters. The highest BCUT2D eigenvalue weighted by Gasteiger charge is 2.35. The summed E-state index contributed by atoms with van der Waals surface area (Å²) in [5.41, 5.74) is -0.307. The quantitative estimate of drug-likeness (QED) is 0.903. The molecule has 2 aliphatic rings. The first-order valence-electron chi connectivity index (χ1n) is 7.46. The molecule has 0 saturated carbocycles. The standard InChI is InChI=1S/C15H20FN3O2/c1-10-8-18-7-3-2-4-11(18)9-19(10)14-13(16)12(15(20)21)5-6-17-14/h5-6,10-11H,2-4,7-9H2,1H3,(H,20,21). The van der Waals surface area contributed by atoms with Crippen LogP contribution in [0.15, 0.2) is 12.3 Å². The Morgan fingerprint density at radius 3 is 3.00 bits per heavy atom. The van der Waals surface area contributed by atoms with Gasteiger partial charge in [0.25, 0.3) is 0 Å². The zero-order chi connectivity index (χ0) is 15.0. The van der Waals surface area contributed by atoms with Gasteiger partial charge in [-0.05, 0) is 32.4 Å². The molecular formula is C15H20FN3O2. The average molecular weight is 293 g/mol. The van der Waals surface area contributed by atoms with E-state index in [1.807, 2.05) is 11.8 Å². The number of aromatic carboxylic acids is 1. The van der Waals surface area contributed by atoms with E-state index in [-0.39, 0.29) is 17.4 Å². The van der Waals surface area contributed by atoms with Crippen LogP contribution in [-0.2, 0) is 0 Å². The first-order chi connectivity index (χ1) is 10.1. The Kier molecular flexibility index (Phi) is 3.80. The number of halogens is 1. The number of carboxylic acids is 1. The van der Waals surface area contributed by atoms with E-state index >= 15 is 0 Å². The third-order valence-corrected chi connectivity index (χ3v) is 4.56. The molecule has 0 radical (unpaired) electrons. The minimum atomic E-state index is -1.25. The molecule has 5 nitrogen and oxygen atoms in total. The largest absolute Gasteiger partial charge is 0.478 e. The van der Waals surface area contributed by atoms with E-state index in [0.29, 0.717) is 12.6 Å². The second-order valence-corrected chi connectivity index (χ2v) is 5.95. The van der Waals surface area contributed by atoms with E-state index in [1.54, 1.807) is 0 Å². The van der Waals surface area contributed by atoms with Gasteiger partial charge in [-0.1, -0.05) is 6.42 Å². The fourth-order valence-electron chi connectivity index (χ4n) is 3.45. The molecule has 3 rings (SSSR count). The summed E-state index contributed by atoms with van der Waals surface area (Å²) in [4.78, 5) is 19.6. The van der Waals surface area contributed by atoms with E-state index in [0.717, 1.165) is 19.5 Å². The van der Waals surface area contributed by atoms with Crippen LogP contribution in [0.3, 0.4) is 0 Å². The van der Waals surface area contributed by atoms with Gasteiger partial charge in [-0.2, -0.15) is 0 Å². The number of hydrogen-bond donors (Lipinski definition) is 1. The summed E-state index contributed by atoms with van der Waals surface area (Å²) in [6.07, 6.45) is 4.92. The van der Waals surface area contributed by atoms with Gasteiger partial charge < -0.3 is 10.0 Å². The van der Waals surface area contributed by atoms with Crippen LogP contribution in [0.2, 0.25) is 0 Å². The molecule has 6 heteroatoms. The second kappa shape index (κ2) is 5.60. The monoisotopic (exact) mass is 293 g/mol. The number of carbonyl (C=O) groups is 1. The van der Waals surface area contributed by atoms with E-state index in [4.69, 9.17) is 5.11 Å². The molecule has 0 bridgehead atoms. The van der Waals surface area contributed by atoms with Crippen LogP contribution < -0.4 is 4.90 Å². The molecule has 1 aromatic rings. The maximum Gasteiger partial charge on any atom is 0.338 e. The van der Waals surface area contributed by atoms with Crippen molar-refractivity contribution in [1.29, 1.82) is 0 Å². The normalized spacial score (nSPS) is 26.5. The number of rotatable bonds is 2. The second-order valence-electron chi connectivity index (χ2n) is 5.95. The van der Waals surface area contributed by atoms with Gasteiger partial charge in [-0.3, -0.25) is 4.90 Å². The van der Waals surface area contributed by atoms with E-state index in [1.165, 1.54) is 25.1 Å². The van der Waals surface area contributed by atoms with Crippen LogP contribution in [0.25, 0.3) is 0 Å². The molecule has 1 aromatic heterocycles. The third-order valence-electron chi connectivity index (χ3n) is 4.56. The Bertz CT molecular complexity index is 552. The number of hydrogen-bond acceptors (Lipinski definition) is 4. The van der Waals surface area contributed by atoms with Crippen molar-refractivity contribution in [2.45, 2.75) is 38.3 Å². The highest BCUT2D eigenvalue weighted by Crippen LogP contribution is 2.29. The number of pyridine rings is 1. The van der Waals surface area contributed by atoms with Crippen molar-refractivity contribution in [1.82, 2.24) is 9.88 Å². The zero-order valence-electron chi connectivity index (χ0n) is 12.1. The summed E-state index contributed by atoms with van der Waals surface area (Å²) in [5, 5.41) is 9.05. The molecule has 0 aliphatic carbocycles. The highest BCUT2D eigenvalue weighted by atomic mass is 19.1. The average Bonchev–Trinajstić information content (AvgIpc) is 2.47. The SMILES string of the molecule is CC1CN2CCCCC2CN1c1nccc(C(=O)O)c1F. The van der Waals surface area contributed by atoms with Crippen molar-refractivity contribution in [2.75, 3.05) is 24.5 Å².